The molecule has 42 heavy (non-hydrogen) atoms. The molecule has 0 aliphatic heterocycles. The maximum Gasteiger partial charge on any atom is 4.00 e. The molecule has 0 bridgehead atoms. The van der Waals surface area contributed by atoms with Crippen molar-refractivity contribution in [3.63, 3.8) is 0 Å². The quantitative estimate of drug-likeness (QED) is 0.190. The minimum atomic E-state index is -2.68. The third-order valence-corrected chi connectivity index (χ3v) is 13.2. The summed E-state index contributed by atoms with van der Waals surface area (Å²) in [5, 5.41) is 6.03. The second kappa shape index (κ2) is 14.8. The number of hydrogen-bond donors (Lipinski definition) is 0. The number of rotatable bonds is 4. The molecule has 0 amide bonds. The van der Waals surface area contributed by atoms with Gasteiger partial charge in [0.1, 0.15) is 0 Å². The van der Waals surface area contributed by atoms with Crippen molar-refractivity contribution in [3.05, 3.63) is 110 Å². The molecule has 0 atom stereocenters. The molecule has 0 fully saturated rings. The van der Waals surface area contributed by atoms with Crippen molar-refractivity contribution in [3.8, 4) is 0 Å². The molecule has 0 radical (unpaired) electrons. The van der Waals surface area contributed by atoms with E-state index in [4.69, 9.17) is 0 Å². The Hall–Kier alpha value is -1.06. The summed E-state index contributed by atoms with van der Waals surface area (Å²) in [7, 11) is -2.68. The first-order chi connectivity index (χ1) is 17.5. The third kappa shape index (κ3) is 7.96. The summed E-state index contributed by atoms with van der Waals surface area (Å²) >= 11 is 0. The van der Waals surface area contributed by atoms with E-state index in [1.165, 1.54) is 60.1 Å². The first kappa shape index (κ1) is 40.9. The molecule has 3 aromatic carbocycles. The molecule has 0 unspecified atom stereocenters. The van der Waals surface area contributed by atoms with Crippen molar-refractivity contribution in [2.24, 2.45) is 0 Å². The van der Waals surface area contributed by atoms with Crippen LogP contribution in [0, 0.1) is 33.8 Å². The summed E-state index contributed by atoms with van der Waals surface area (Å²) in [5.74, 6) is 0. The van der Waals surface area contributed by atoms with Gasteiger partial charge in [-0.15, -0.1) is 6.42 Å². The number of halogens is 3. The number of hydrogen-bond acceptors (Lipinski definition) is 0. The van der Waals surface area contributed by atoms with Gasteiger partial charge in [0.2, 0.25) is 0 Å². The summed E-state index contributed by atoms with van der Waals surface area (Å²) in [5.41, 5.74) is 11.1. The van der Waals surface area contributed by atoms with E-state index in [1.807, 2.05) is 0 Å². The zero-order valence-electron chi connectivity index (χ0n) is 27.5. The van der Waals surface area contributed by atoms with Gasteiger partial charge in [0.15, 0.2) is 0 Å². The molecule has 3 aromatic rings. The zero-order valence-corrected chi connectivity index (χ0v) is 32.4. The summed E-state index contributed by atoms with van der Waals surface area (Å²) in [6, 6.07) is 22.2. The predicted molar refractivity (Wildman–Crippen MR) is 170 cm³/mol. The van der Waals surface area contributed by atoms with E-state index >= 15 is 0 Å². The van der Waals surface area contributed by atoms with Crippen LogP contribution >= 0.6 is 0 Å². The molecular weight excluding hydrogens is 627 g/mol. The predicted octanol–water partition coefficient (Wildman–Crippen LogP) is -0.996. The van der Waals surface area contributed by atoms with Crippen molar-refractivity contribution >= 4 is 23.6 Å². The number of benzene rings is 3. The standard InChI is InChI=1S/C37H47Si.3ClH.Ti/c1-24-15-25(2)18-32(17-24)38(35-28(5)13-14-29(35)6,33-19-26(3)16-27(4)20-33)34-22-30(36(7,8)9)21-31(23-34)37(10,11)12;;;;/h15-23H,13H2,1-12H3;3*1H;/q-1;;;;+4/p-3. The van der Waals surface area contributed by atoms with Crippen molar-refractivity contribution in [1.82, 2.24) is 0 Å². The Morgan fingerprint density at radius 3 is 1.14 bits per heavy atom. The Balaban J connectivity index is 0.00000420. The summed E-state index contributed by atoms with van der Waals surface area (Å²) < 4.78 is 0. The summed E-state index contributed by atoms with van der Waals surface area (Å²) in [6.45, 7) is 27.8. The summed E-state index contributed by atoms with van der Waals surface area (Å²) in [6.07, 6.45) is 4.69. The van der Waals surface area contributed by atoms with Crippen LogP contribution in [0.2, 0.25) is 0 Å². The largest absolute Gasteiger partial charge is 4.00 e. The molecule has 5 heteroatoms. The van der Waals surface area contributed by atoms with E-state index < -0.39 is 8.07 Å². The van der Waals surface area contributed by atoms with Crippen LogP contribution in [-0.2, 0) is 32.5 Å². The first-order valence-corrected chi connectivity index (χ1v) is 16.2. The SMILES string of the molecule is CC1=[C-]CC(C)=C1[Si](c1cc(C)cc(C)c1)(c1cc(C)cc(C)c1)c1cc(C(C)(C)C)cc(C(C)(C)C)c1.[Cl-].[Cl-].[Cl-].[Ti+4]. The van der Waals surface area contributed by atoms with Crippen LogP contribution in [0.4, 0.5) is 0 Å². The van der Waals surface area contributed by atoms with E-state index in [0.29, 0.717) is 0 Å². The van der Waals surface area contributed by atoms with Gasteiger partial charge >= 0.3 is 21.7 Å². The van der Waals surface area contributed by atoms with E-state index in [-0.39, 0.29) is 69.8 Å². The minimum absolute atomic E-state index is 0. The molecule has 1 aliphatic rings. The zero-order chi connectivity index (χ0) is 28.2. The topological polar surface area (TPSA) is 0 Å². The van der Waals surface area contributed by atoms with Crippen molar-refractivity contribution in [2.75, 3.05) is 0 Å². The molecule has 0 nitrogen and oxygen atoms in total. The Labute approximate surface area is 291 Å². The van der Waals surface area contributed by atoms with Crippen LogP contribution in [0.3, 0.4) is 0 Å². The van der Waals surface area contributed by atoms with Gasteiger partial charge in [-0.05, 0) is 49.7 Å². The second-order valence-corrected chi connectivity index (χ2v) is 17.7. The van der Waals surface area contributed by atoms with Gasteiger partial charge in [-0.25, -0.2) is 5.57 Å². The minimum Gasteiger partial charge on any atom is -1.00 e. The maximum atomic E-state index is 3.76. The van der Waals surface area contributed by atoms with Crippen molar-refractivity contribution in [2.45, 2.75) is 100 Å². The molecule has 1 aliphatic carbocycles. The first-order valence-electron chi connectivity index (χ1n) is 14.2. The number of aryl methyl sites for hydroxylation is 4. The molecule has 0 saturated carbocycles. The van der Waals surface area contributed by atoms with Gasteiger partial charge in [-0.2, -0.15) is 10.8 Å². The van der Waals surface area contributed by atoms with Crippen LogP contribution in [0.15, 0.2) is 70.9 Å². The van der Waals surface area contributed by atoms with Crippen LogP contribution in [0.25, 0.3) is 0 Å². The fraction of sp³-hybridized carbons (Fsp3) is 0.405. The molecule has 0 spiro atoms. The van der Waals surface area contributed by atoms with Crippen LogP contribution in [0.1, 0.15) is 95.2 Å². The average Bonchev–Trinajstić information content (AvgIpc) is 3.10. The average molecular weight is 674 g/mol. The second-order valence-electron chi connectivity index (χ2n) is 13.9. The Bertz CT molecular complexity index is 1350. The Kier molecular flexibility index (Phi) is 14.4. The Morgan fingerprint density at radius 2 is 0.857 bits per heavy atom. The van der Waals surface area contributed by atoms with Gasteiger partial charge < -0.3 is 37.2 Å². The van der Waals surface area contributed by atoms with Gasteiger partial charge in [0.05, 0.1) is 8.07 Å². The van der Waals surface area contributed by atoms with Gasteiger partial charge in [-0.1, -0.05) is 148 Å². The molecule has 0 saturated heterocycles. The van der Waals surface area contributed by atoms with E-state index in [2.05, 4.69) is 144 Å². The third-order valence-electron chi connectivity index (χ3n) is 8.20. The molecule has 0 aromatic heterocycles. The molecule has 0 heterocycles. The van der Waals surface area contributed by atoms with Crippen molar-refractivity contribution in [1.29, 1.82) is 0 Å². The smallest absolute Gasteiger partial charge is 1.00 e. The van der Waals surface area contributed by atoms with E-state index in [1.54, 1.807) is 5.20 Å². The maximum absolute atomic E-state index is 3.76. The summed E-state index contributed by atoms with van der Waals surface area (Å²) in [4.78, 5) is 0. The van der Waals surface area contributed by atoms with Gasteiger partial charge in [0.25, 0.3) is 0 Å². The van der Waals surface area contributed by atoms with E-state index in [0.717, 1.165) is 6.42 Å². The van der Waals surface area contributed by atoms with Crippen LogP contribution in [-0.4, -0.2) is 8.07 Å². The van der Waals surface area contributed by atoms with Gasteiger partial charge in [-0.3, -0.25) is 6.08 Å². The fourth-order valence-electron chi connectivity index (χ4n) is 6.39. The Morgan fingerprint density at radius 1 is 0.524 bits per heavy atom. The molecular formula is C37H47Cl3SiTi. The van der Waals surface area contributed by atoms with Gasteiger partial charge in [0, 0.05) is 0 Å². The van der Waals surface area contributed by atoms with E-state index in [9.17, 15) is 0 Å². The fourth-order valence-corrected chi connectivity index (χ4v) is 12.2. The van der Waals surface area contributed by atoms with Crippen LogP contribution < -0.4 is 52.8 Å². The number of allylic oxidation sites excluding steroid dienone is 4. The molecule has 224 valence electrons. The van der Waals surface area contributed by atoms with Crippen LogP contribution in [0.5, 0.6) is 0 Å². The van der Waals surface area contributed by atoms with Crippen molar-refractivity contribution < 1.29 is 58.9 Å². The molecule has 0 N–H and O–H groups in total. The molecule has 4 rings (SSSR count). The normalized spacial score (nSPS) is 13.4. The monoisotopic (exact) mass is 672 g/mol.